The molecule has 0 saturated carbocycles. The van der Waals surface area contributed by atoms with Gasteiger partial charge in [0, 0.05) is 10.6 Å². The molecule has 1 unspecified atom stereocenters. The molecule has 0 spiro atoms. The summed E-state index contributed by atoms with van der Waals surface area (Å²) >= 11 is 2.06. The van der Waals surface area contributed by atoms with Gasteiger partial charge in [-0.1, -0.05) is 0 Å². The number of hydrogen-bond acceptors (Lipinski definition) is 6. The summed E-state index contributed by atoms with van der Waals surface area (Å²) in [5.74, 6) is -0.652. The topological polar surface area (TPSA) is 75.4 Å². The molecule has 0 fully saturated rings. The maximum Gasteiger partial charge on any atom is 0.397 e. The zero-order valence-electron chi connectivity index (χ0n) is 11.4. The Bertz CT molecular complexity index is 652. The molecule has 1 aliphatic heterocycles. The van der Waals surface area contributed by atoms with Crippen LogP contribution in [0.15, 0.2) is 28.0 Å². The minimum atomic E-state index is -4.19. The van der Waals surface area contributed by atoms with Crippen molar-refractivity contribution in [2.24, 2.45) is 5.14 Å². The number of sulfonamides is 1. The van der Waals surface area contributed by atoms with Gasteiger partial charge in [-0.3, -0.25) is 0 Å². The van der Waals surface area contributed by atoms with Gasteiger partial charge in [0.1, 0.15) is 0 Å². The van der Waals surface area contributed by atoms with E-state index in [0.717, 1.165) is 11.8 Å². The molecule has 3 N–H and O–H groups in total. The average molecular weight is 373 g/mol. The number of thioether (sulfide) groups is 1. The van der Waals surface area contributed by atoms with Crippen molar-refractivity contribution in [3.8, 4) is 0 Å². The molecule has 1 heterocycles. The van der Waals surface area contributed by atoms with Gasteiger partial charge < -0.3 is 5.32 Å². The number of alkyl halides is 3. The second-order valence-electron chi connectivity index (χ2n) is 4.63. The summed E-state index contributed by atoms with van der Waals surface area (Å²) in [7, 11) is -2.06. The molecular weight excluding hydrogens is 359 g/mol. The van der Waals surface area contributed by atoms with Crippen molar-refractivity contribution in [3.63, 3.8) is 0 Å². The van der Waals surface area contributed by atoms with Gasteiger partial charge >= 0.3 is 6.18 Å². The zero-order valence-corrected chi connectivity index (χ0v) is 13.9. The fraction of sp³-hybridized carbons (Fsp3) is 0.455. The van der Waals surface area contributed by atoms with E-state index in [4.69, 9.17) is 5.14 Å². The fourth-order valence-corrected chi connectivity index (χ4v) is 4.35. The third-order valence-electron chi connectivity index (χ3n) is 2.83. The van der Waals surface area contributed by atoms with Gasteiger partial charge in [0.25, 0.3) is 0 Å². The van der Waals surface area contributed by atoms with E-state index in [0.29, 0.717) is 10.6 Å². The standard InChI is InChI=1S/C11H14F3N3O2S3/c1-17-10(5-20-6-11(12,13)14)16-8-3-2-7(22(15,18)19)4-9(8)21-17/h2-4,10,16H,5-6H2,1H3,(H2,15,18,19). The number of hydrogen-bond donors (Lipinski definition) is 2. The van der Waals surface area contributed by atoms with Crippen LogP contribution in [0.1, 0.15) is 0 Å². The minimum Gasteiger partial charge on any atom is -0.367 e. The highest BCUT2D eigenvalue weighted by Gasteiger charge is 2.29. The summed E-state index contributed by atoms with van der Waals surface area (Å²) in [4.78, 5) is 0.657. The lowest BCUT2D eigenvalue weighted by molar-refractivity contribution is -0.105. The van der Waals surface area contributed by atoms with Gasteiger partial charge in [0.15, 0.2) is 0 Å². The number of nitrogens with two attached hydrogens (primary N) is 1. The SMILES string of the molecule is CN1Sc2cc(S(N)(=O)=O)ccc2NC1CSCC(F)(F)F. The Kier molecular flexibility index (Phi) is 5.22. The molecule has 2 rings (SSSR count). The molecule has 1 atom stereocenters. The molecule has 5 nitrogen and oxygen atoms in total. The van der Waals surface area contributed by atoms with Crippen LogP contribution < -0.4 is 10.5 Å². The van der Waals surface area contributed by atoms with Gasteiger partial charge in [-0.2, -0.15) is 13.2 Å². The lowest BCUT2D eigenvalue weighted by Gasteiger charge is -2.34. The maximum atomic E-state index is 12.2. The van der Waals surface area contributed by atoms with Crippen molar-refractivity contribution < 1.29 is 21.6 Å². The van der Waals surface area contributed by atoms with Crippen LogP contribution in [0.5, 0.6) is 0 Å². The Balaban J connectivity index is 2.07. The van der Waals surface area contributed by atoms with Crippen molar-refractivity contribution in [2.75, 3.05) is 23.9 Å². The largest absolute Gasteiger partial charge is 0.397 e. The quantitative estimate of drug-likeness (QED) is 0.789. The van der Waals surface area contributed by atoms with E-state index in [-0.39, 0.29) is 16.8 Å². The number of rotatable bonds is 4. The van der Waals surface area contributed by atoms with Crippen molar-refractivity contribution in [1.29, 1.82) is 0 Å². The molecule has 11 heteroatoms. The molecule has 0 amide bonds. The summed E-state index contributed by atoms with van der Waals surface area (Å²) in [6.45, 7) is 0. The van der Waals surface area contributed by atoms with Gasteiger partial charge in [0.05, 0.1) is 22.5 Å². The van der Waals surface area contributed by atoms with Crippen molar-refractivity contribution in [2.45, 2.75) is 22.1 Å². The lowest BCUT2D eigenvalue weighted by Crippen LogP contribution is -2.39. The summed E-state index contributed by atoms with van der Waals surface area (Å²) in [5.41, 5.74) is 0.674. The van der Waals surface area contributed by atoms with Crippen LogP contribution in [0.2, 0.25) is 0 Å². The number of halogens is 3. The van der Waals surface area contributed by atoms with E-state index < -0.39 is 22.0 Å². The van der Waals surface area contributed by atoms with Gasteiger partial charge in [0.2, 0.25) is 10.0 Å². The van der Waals surface area contributed by atoms with Crippen molar-refractivity contribution in [3.05, 3.63) is 18.2 Å². The normalized spacial score (nSPS) is 19.6. The summed E-state index contributed by atoms with van der Waals surface area (Å²) < 4.78 is 60.9. The summed E-state index contributed by atoms with van der Waals surface area (Å²) in [5, 5.41) is 8.17. The highest BCUT2D eigenvalue weighted by molar-refractivity contribution is 7.99. The van der Waals surface area contributed by atoms with Crippen LogP contribution >= 0.6 is 23.7 Å². The molecule has 0 saturated heterocycles. The average Bonchev–Trinajstić information content (AvgIpc) is 2.36. The molecule has 0 radical (unpaired) electrons. The molecule has 1 aromatic carbocycles. The fourth-order valence-electron chi connectivity index (χ4n) is 1.80. The number of primary sulfonamides is 1. The number of nitrogens with zero attached hydrogens (tertiary/aromatic N) is 1. The Morgan fingerprint density at radius 3 is 2.73 bits per heavy atom. The third-order valence-corrected chi connectivity index (χ3v) is 5.90. The number of benzene rings is 1. The predicted octanol–water partition coefficient (Wildman–Crippen LogP) is 2.32. The van der Waals surface area contributed by atoms with Gasteiger partial charge in [-0.05, 0) is 37.2 Å². The first-order chi connectivity index (χ1) is 10.1. The van der Waals surface area contributed by atoms with Crippen molar-refractivity contribution in [1.82, 2.24) is 4.31 Å². The molecule has 0 aliphatic carbocycles. The van der Waals surface area contributed by atoms with E-state index in [1.165, 1.54) is 24.1 Å². The predicted molar refractivity (Wildman–Crippen MR) is 82.2 cm³/mol. The Labute approximate surface area is 135 Å². The van der Waals surface area contributed by atoms with Crippen LogP contribution in [-0.2, 0) is 10.0 Å². The first-order valence-corrected chi connectivity index (χ1v) is 9.52. The first-order valence-electron chi connectivity index (χ1n) is 6.05. The van der Waals surface area contributed by atoms with Crippen LogP contribution in [0, 0.1) is 0 Å². The van der Waals surface area contributed by atoms with E-state index >= 15 is 0 Å². The van der Waals surface area contributed by atoms with Gasteiger partial charge in [-0.25, -0.2) is 17.9 Å². The smallest absolute Gasteiger partial charge is 0.367 e. The zero-order chi connectivity index (χ0) is 16.5. The molecule has 0 aromatic heterocycles. The Hall–Kier alpha value is -0.620. The molecule has 124 valence electrons. The van der Waals surface area contributed by atoms with Crippen LogP contribution in [-0.4, -0.2) is 43.6 Å². The lowest BCUT2D eigenvalue weighted by atomic mass is 10.3. The van der Waals surface area contributed by atoms with E-state index in [1.54, 1.807) is 17.4 Å². The molecule has 22 heavy (non-hydrogen) atoms. The van der Waals surface area contributed by atoms with Crippen LogP contribution in [0.3, 0.4) is 0 Å². The van der Waals surface area contributed by atoms with Crippen LogP contribution in [0.4, 0.5) is 18.9 Å². The Morgan fingerprint density at radius 2 is 2.14 bits per heavy atom. The summed E-state index contributed by atoms with van der Waals surface area (Å²) in [6, 6.07) is 4.38. The minimum absolute atomic E-state index is 0.00107. The van der Waals surface area contributed by atoms with E-state index in [1.807, 2.05) is 0 Å². The number of anilines is 1. The number of fused-ring (bicyclic) bond motifs is 1. The monoisotopic (exact) mass is 373 g/mol. The first kappa shape index (κ1) is 17.7. The molecule has 1 aliphatic rings. The van der Waals surface area contributed by atoms with Crippen molar-refractivity contribution >= 4 is 39.4 Å². The van der Waals surface area contributed by atoms with Gasteiger partial charge in [-0.15, -0.1) is 11.8 Å². The molecular formula is C11H14F3N3O2S3. The van der Waals surface area contributed by atoms with E-state index in [9.17, 15) is 21.6 Å². The second-order valence-corrected chi connectivity index (χ2v) is 8.42. The second kappa shape index (κ2) is 6.48. The third kappa shape index (κ3) is 4.69. The Morgan fingerprint density at radius 1 is 1.45 bits per heavy atom. The molecule has 1 aromatic rings. The van der Waals surface area contributed by atoms with E-state index in [2.05, 4.69) is 5.32 Å². The maximum absolute atomic E-state index is 12.2. The molecule has 0 bridgehead atoms. The number of nitrogens with one attached hydrogen (secondary N) is 1. The summed E-state index contributed by atoms with van der Waals surface area (Å²) in [6.07, 6.45) is -4.47. The van der Waals surface area contributed by atoms with Crippen LogP contribution in [0.25, 0.3) is 0 Å². The highest BCUT2D eigenvalue weighted by Crippen LogP contribution is 2.38. The highest BCUT2D eigenvalue weighted by atomic mass is 32.2.